The lowest BCUT2D eigenvalue weighted by atomic mass is 9.96. The summed E-state index contributed by atoms with van der Waals surface area (Å²) in [6.07, 6.45) is 2.21. The number of halogens is 1. The van der Waals surface area contributed by atoms with Crippen LogP contribution in [0.1, 0.15) is 24.3 Å². The molecular formula is C33H31FN4O3. The van der Waals surface area contributed by atoms with Crippen molar-refractivity contribution >= 4 is 27.5 Å². The van der Waals surface area contributed by atoms with Gasteiger partial charge in [-0.15, -0.1) is 0 Å². The SMILES string of the molecule is OCC(COc1nc(N2CC3CCC(C2)N3)c2ccc(-c3cc(O)cc4ccccc34)c(F)c2n1)c1ccccc1. The molecule has 2 aliphatic rings. The highest BCUT2D eigenvalue weighted by Crippen LogP contribution is 2.39. The summed E-state index contributed by atoms with van der Waals surface area (Å²) in [5.74, 6) is -0.0526. The maximum Gasteiger partial charge on any atom is 0.319 e. The van der Waals surface area contributed by atoms with Gasteiger partial charge in [0.05, 0.1) is 6.61 Å². The quantitative estimate of drug-likeness (QED) is 0.250. The van der Waals surface area contributed by atoms with Crippen LogP contribution < -0.4 is 15.0 Å². The van der Waals surface area contributed by atoms with Crippen molar-refractivity contribution in [2.75, 3.05) is 31.2 Å². The number of aromatic nitrogens is 2. The summed E-state index contributed by atoms with van der Waals surface area (Å²) in [6, 6.07) is 24.9. The molecule has 0 aliphatic carbocycles. The van der Waals surface area contributed by atoms with E-state index in [2.05, 4.69) is 15.2 Å². The van der Waals surface area contributed by atoms with Gasteiger partial charge in [-0.2, -0.15) is 9.97 Å². The minimum absolute atomic E-state index is 0.0674. The number of phenolic OH excluding ortho intramolecular Hbond substituents is 1. The summed E-state index contributed by atoms with van der Waals surface area (Å²) in [6.45, 7) is 1.59. The molecule has 7 rings (SSSR count). The Morgan fingerprint density at radius 2 is 1.66 bits per heavy atom. The largest absolute Gasteiger partial charge is 0.508 e. The number of fused-ring (bicyclic) bond motifs is 4. The monoisotopic (exact) mass is 550 g/mol. The second-order valence-corrected chi connectivity index (χ2v) is 11.0. The van der Waals surface area contributed by atoms with Gasteiger partial charge in [-0.3, -0.25) is 0 Å². The van der Waals surface area contributed by atoms with Crippen molar-refractivity contribution in [2.45, 2.75) is 30.8 Å². The summed E-state index contributed by atoms with van der Waals surface area (Å²) in [5.41, 5.74) is 2.05. The van der Waals surface area contributed by atoms with Crippen LogP contribution in [0.25, 0.3) is 32.8 Å². The molecule has 0 spiro atoms. The Kier molecular flexibility index (Phi) is 6.65. The first-order valence-corrected chi connectivity index (χ1v) is 14.1. The van der Waals surface area contributed by atoms with Gasteiger partial charge in [0.15, 0.2) is 5.82 Å². The number of aromatic hydroxyl groups is 1. The zero-order valence-electron chi connectivity index (χ0n) is 22.5. The van der Waals surface area contributed by atoms with Gasteiger partial charge in [0, 0.05) is 42.0 Å². The maximum absolute atomic E-state index is 16.5. The molecule has 2 aliphatic heterocycles. The number of benzene rings is 4. The van der Waals surface area contributed by atoms with Gasteiger partial charge in [0.2, 0.25) is 0 Å². The molecule has 0 radical (unpaired) electrons. The third kappa shape index (κ3) is 4.83. The fourth-order valence-electron chi connectivity index (χ4n) is 6.28. The van der Waals surface area contributed by atoms with E-state index in [1.807, 2.05) is 60.7 Å². The van der Waals surface area contributed by atoms with Gasteiger partial charge >= 0.3 is 6.01 Å². The van der Waals surface area contributed by atoms with Gasteiger partial charge in [0.25, 0.3) is 0 Å². The second kappa shape index (κ2) is 10.6. The zero-order valence-corrected chi connectivity index (χ0v) is 22.5. The predicted octanol–water partition coefficient (Wildman–Crippen LogP) is 5.39. The summed E-state index contributed by atoms with van der Waals surface area (Å²) in [4.78, 5) is 11.6. The first-order chi connectivity index (χ1) is 20.1. The number of anilines is 1. The van der Waals surface area contributed by atoms with Crippen LogP contribution in [-0.4, -0.2) is 58.6 Å². The van der Waals surface area contributed by atoms with Crippen LogP contribution >= 0.6 is 0 Å². The van der Waals surface area contributed by atoms with Crippen molar-refractivity contribution in [1.82, 2.24) is 15.3 Å². The average molecular weight is 551 g/mol. The van der Waals surface area contributed by atoms with Crippen LogP contribution in [0.5, 0.6) is 11.8 Å². The van der Waals surface area contributed by atoms with Gasteiger partial charge in [-0.05, 0) is 52.9 Å². The van der Waals surface area contributed by atoms with Gasteiger partial charge in [-0.25, -0.2) is 4.39 Å². The molecule has 2 fully saturated rings. The second-order valence-electron chi connectivity index (χ2n) is 11.0. The number of phenols is 1. The molecule has 0 amide bonds. The first-order valence-electron chi connectivity index (χ1n) is 14.1. The van der Waals surface area contributed by atoms with Crippen LogP contribution in [0.15, 0.2) is 78.9 Å². The Bertz CT molecular complexity index is 1720. The van der Waals surface area contributed by atoms with Crippen LogP contribution in [0, 0.1) is 5.82 Å². The topological polar surface area (TPSA) is 90.7 Å². The first kappa shape index (κ1) is 25.7. The number of ether oxygens (including phenoxy) is 1. The van der Waals surface area contributed by atoms with E-state index in [1.54, 1.807) is 18.2 Å². The molecule has 3 N–H and O–H groups in total. The fraction of sp³-hybridized carbons (Fsp3) is 0.273. The Hall–Kier alpha value is -4.27. The fourth-order valence-corrected chi connectivity index (χ4v) is 6.28. The Morgan fingerprint density at radius 1 is 0.902 bits per heavy atom. The lowest BCUT2D eigenvalue weighted by Gasteiger charge is -2.34. The summed E-state index contributed by atoms with van der Waals surface area (Å²) in [7, 11) is 0. The summed E-state index contributed by atoms with van der Waals surface area (Å²) in [5, 5.41) is 26.4. The van der Waals surface area contributed by atoms with E-state index in [-0.39, 0.29) is 36.4 Å². The third-order valence-corrected chi connectivity index (χ3v) is 8.32. The molecule has 1 aromatic heterocycles. The Labute approximate surface area is 237 Å². The van der Waals surface area contributed by atoms with E-state index in [9.17, 15) is 10.2 Å². The molecule has 208 valence electrons. The lowest BCUT2D eigenvalue weighted by molar-refractivity contribution is 0.197. The van der Waals surface area contributed by atoms with Crippen LogP contribution in [0.3, 0.4) is 0 Å². The molecule has 5 aromatic rings. The molecule has 3 atom stereocenters. The highest BCUT2D eigenvalue weighted by Gasteiger charge is 2.34. The normalized spacial score (nSPS) is 19.1. The molecule has 2 saturated heterocycles. The third-order valence-electron chi connectivity index (χ3n) is 8.32. The molecule has 3 heterocycles. The van der Waals surface area contributed by atoms with Gasteiger partial charge < -0.3 is 25.2 Å². The lowest BCUT2D eigenvalue weighted by Crippen LogP contribution is -2.51. The molecule has 41 heavy (non-hydrogen) atoms. The number of piperazine rings is 1. The van der Waals surface area contributed by atoms with E-state index in [1.165, 1.54) is 0 Å². The molecular weight excluding hydrogens is 519 g/mol. The highest BCUT2D eigenvalue weighted by atomic mass is 19.1. The number of aliphatic hydroxyl groups is 1. The van der Waals surface area contributed by atoms with Crippen LogP contribution in [0.4, 0.5) is 10.2 Å². The van der Waals surface area contributed by atoms with Crippen molar-refractivity contribution in [3.05, 3.63) is 90.2 Å². The smallest absolute Gasteiger partial charge is 0.319 e. The standard InChI is InChI=1S/C33H31FN4O3/c34-30-27(29-15-25(40)14-21-8-4-5-9-26(21)29)12-13-28-31(30)36-33(41-19-22(18-39)20-6-2-1-3-7-20)37-32(28)38-16-23-10-11-24(17-38)35-23/h1-9,12-15,22-24,35,39-40H,10-11,16-19H2. The minimum Gasteiger partial charge on any atom is -0.508 e. The minimum atomic E-state index is -0.494. The van der Waals surface area contributed by atoms with Crippen LogP contribution in [0.2, 0.25) is 0 Å². The molecule has 3 unspecified atom stereocenters. The van der Waals surface area contributed by atoms with Crippen molar-refractivity contribution < 1.29 is 19.3 Å². The molecule has 4 aromatic carbocycles. The number of rotatable bonds is 7. The maximum atomic E-state index is 16.5. The molecule has 8 heteroatoms. The summed E-state index contributed by atoms with van der Waals surface area (Å²) >= 11 is 0. The van der Waals surface area contributed by atoms with E-state index in [0.29, 0.717) is 34.4 Å². The van der Waals surface area contributed by atoms with Crippen molar-refractivity contribution in [2.24, 2.45) is 0 Å². The van der Waals surface area contributed by atoms with Gasteiger partial charge in [0.1, 0.15) is 23.7 Å². The number of nitrogens with one attached hydrogen (secondary N) is 1. The average Bonchev–Trinajstić information content (AvgIpc) is 3.34. The number of hydrogen-bond donors (Lipinski definition) is 3. The Morgan fingerprint density at radius 3 is 2.44 bits per heavy atom. The summed E-state index contributed by atoms with van der Waals surface area (Å²) < 4.78 is 22.6. The van der Waals surface area contributed by atoms with Gasteiger partial charge in [-0.1, -0.05) is 60.7 Å². The number of hydrogen-bond acceptors (Lipinski definition) is 7. The van der Waals surface area contributed by atoms with Crippen LogP contribution in [-0.2, 0) is 0 Å². The highest BCUT2D eigenvalue weighted by molar-refractivity contribution is 6.01. The van der Waals surface area contributed by atoms with E-state index in [4.69, 9.17) is 9.72 Å². The van der Waals surface area contributed by atoms with Crippen molar-refractivity contribution in [3.63, 3.8) is 0 Å². The van der Waals surface area contributed by atoms with E-state index < -0.39 is 5.82 Å². The van der Waals surface area contributed by atoms with Crippen molar-refractivity contribution in [1.29, 1.82) is 0 Å². The zero-order chi connectivity index (χ0) is 27.9. The Balaban J connectivity index is 1.34. The molecule has 7 nitrogen and oxygen atoms in total. The van der Waals surface area contributed by atoms with E-state index >= 15 is 4.39 Å². The van der Waals surface area contributed by atoms with E-state index in [0.717, 1.165) is 42.3 Å². The number of nitrogens with zero attached hydrogens (tertiary/aromatic N) is 3. The molecule has 0 saturated carbocycles. The predicted molar refractivity (Wildman–Crippen MR) is 158 cm³/mol. The number of aliphatic hydroxyl groups excluding tert-OH is 1. The van der Waals surface area contributed by atoms with Crippen molar-refractivity contribution in [3.8, 4) is 22.9 Å². The molecule has 2 bridgehead atoms.